The van der Waals surface area contributed by atoms with Crippen molar-refractivity contribution >= 4 is 23.3 Å². The van der Waals surface area contributed by atoms with E-state index in [9.17, 15) is 14.0 Å². The van der Waals surface area contributed by atoms with E-state index in [4.69, 9.17) is 0 Å². The molecule has 0 fully saturated rings. The Bertz CT molecular complexity index is 934. The van der Waals surface area contributed by atoms with Gasteiger partial charge in [0.15, 0.2) is 0 Å². The summed E-state index contributed by atoms with van der Waals surface area (Å²) in [7, 11) is 3.87. The summed E-state index contributed by atoms with van der Waals surface area (Å²) >= 11 is 0. The van der Waals surface area contributed by atoms with Crippen molar-refractivity contribution in [2.75, 3.05) is 30.9 Å². The van der Waals surface area contributed by atoms with E-state index in [1.807, 2.05) is 71.8 Å². The number of amides is 3. The number of anilines is 2. The van der Waals surface area contributed by atoms with Crippen LogP contribution in [-0.4, -0.2) is 43.0 Å². The zero-order chi connectivity index (χ0) is 24.1. The van der Waals surface area contributed by atoms with Gasteiger partial charge in [-0.1, -0.05) is 13.8 Å². The molecule has 32 heavy (non-hydrogen) atoms. The van der Waals surface area contributed by atoms with Crippen molar-refractivity contribution in [3.05, 3.63) is 59.4 Å². The van der Waals surface area contributed by atoms with Crippen LogP contribution in [-0.2, 0) is 6.54 Å². The van der Waals surface area contributed by atoms with E-state index in [0.717, 1.165) is 11.3 Å². The number of hydrogen-bond acceptors (Lipinski definition) is 3. The number of benzene rings is 2. The van der Waals surface area contributed by atoms with Crippen molar-refractivity contribution in [2.24, 2.45) is 5.92 Å². The van der Waals surface area contributed by atoms with E-state index < -0.39 is 0 Å². The fourth-order valence-corrected chi connectivity index (χ4v) is 3.37. The summed E-state index contributed by atoms with van der Waals surface area (Å²) in [5.41, 5.74) is 2.59. The molecule has 0 aliphatic heterocycles. The van der Waals surface area contributed by atoms with Crippen molar-refractivity contribution in [1.82, 2.24) is 10.2 Å². The molecule has 0 radical (unpaired) electrons. The normalized spacial score (nSPS) is 11.3. The lowest BCUT2D eigenvalue weighted by atomic mass is 10.1. The fraction of sp³-hybridized carbons (Fsp3) is 0.440. The van der Waals surface area contributed by atoms with Crippen molar-refractivity contribution in [2.45, 2.75) is 46.7 Å². The number of nitrogens with one attached hydrogen (secondary N) is 2. The van der Waals surface area contributed by atoms with E-state index in [1.165, 1.54) is 24.3 Å². The molecule has 6 nitrogen and oxygen atoms in total. The first kappa shape index (κ1) is 25.2. The lowest BCUT2D eigenvalue weighted by Crippen LogP contribution is -2.43. The first-order chi connectivity index (χ1) is 14.9. The maximum Gasteiger partial charge on any atom is 0.319 e. The van der Waals surface area contributed by atoms with E-state index in [2.05, 4.69) is 10.6 Å². The molecule has 2 aromatic rings. The topological polar surface area (TPSA) is 64.7 Å². The third-order valence-corrected chi connectivity index (χ3v) is 4.63. The standard InChI is InChI=1S/C25H35FN4O2/c1-17(2)15-30(23(31)18-8-10-20(26)11-9-18)16-19-14-21(12-13-22(19)29(6)7)27-24(32)28-25(3,4)5/h8-14,17H,15-16H2,1-7H3,(H2,27,28,32). The van der Waals surface area contributed by atoms with Crippen LogP contribution in [0.2, 0.25) is 0 Å². The van der Waals surface area contributed by atoms with Crippen LogP contribution < -0.4 is 15.5 Å². The Morgan fingerprint density at radius 1 is 1.03 bits per heavy atom. The summed E-state index contributed by atoms with van der Waals surface area (Å²) in [6.07, 6.45) is 0. The highest BCUT2D eigenvalue weighted by atomic mass is 19.1. The number of halogens is 1. The van der Waals surface area contributed by atoms with Crippen LogP contribution in [0.25, 0.3) is 0 Å². The summed E-state index contributed by atoms with van der Waals surface area (Å²) in [4.78, 5) is 29.3. The quantitative estimate of drug-likeness (QED) is 0.626. The Morgan fingerprint density at radius 2 is 1.66 bits per heavy atom. The van der Waals surface area contributed by atoms with Gasteiger partial charge in [0.1, 0.15) is 5.82 Å². The molecule has 2 aromatic carbocycles. The predicted molar refractivity (Wildman–Crippen MR) is 129 cm³/mol. The lowest BCUT2D eigenvalue weighted by molar-refractivity contribution is 0.0723. The first-order valence-corrected chi connectivity index (χ1v) is 10.8. The van der Waals surface area contributed by atoms with Crippen LogP contribution in [0.1, 0.15) is 50.5 Å². The minimum absolute atomic E-state index is 0.160. The lowest BCUT2D eigenvalue weighted by Gasteiger charge is -2.28. The Kier molecular flexibility index (Phi) is 8.25. The van der Waals surface area contributed by atoms with Gasteiger partial charge in [0.25, 0.3) is 5.91 Å². The van der Waals surface area contributed by atoms with Crippen molar-refractivity contribution in [1.29, 1.82) is 0 Å². The average molecular weight is 443 g/mol. The van der Waals surface area contributed by atoms with Crippen LogP contribution >= 0.6 is 0 Å². The molecule has 0 aromatic heterocycles. The SMILES string of the molecule is CC(C)CN(Cc1cc(NC(=O)NC(C)(C)C)ccc1N(C)C)C(=O)c1ccc(F)cc1. The zero-order valence-corrected chi connectivity index (χ0v) is 20.1. The second-order valence-electron chi connectivity index (χ2n) is 9.65. The number of carbonyl (C=O) groups is 2. The van der Waals surface area contributed by atoms with Crippen LogP contribution in [0.5, 0.6) is 0 Å². The van der Waals surface area contributed by atoms with Crippen molar-refractivity contribution in [3.63, 3.8) is 0 Å². The van der Waals surface area contributed by atoms with Gasteiger partial charge in [-0.3, -0.25) is 4.79 Å². The second kappa shape index (κ2) is 10.5. The summed E-state index contributed by atoms with van der Waals surface area (Å²) in [6, 6.07) is 11.0. The molecule has 0 saturated carbocycles. The predicted octanol–water partition coefficient (Wildman–Crippen LogP) is 5.11. The molecule has 0 heterocycles. The van der Waals surface area contributed by atoms with Crippen LogP contribution in [0, 0.1) is 11.7 Å². The monoisotopic (exact) mass is 442 g/mol. The number of carbonyl (C=O) groups excluding carboxylic acids is 2. The average Bonchev–Trinajstić information content (AvgIpc) is 2.65. The molecular weight excluding hydrogens is 407 g/mol. The van der Waals surface area contributed by atoms with Gasteiger partial charge in [-0.2, -0.15) is 0 Å². The molecule has 7 heteroatoms. The maximum atomic E-state index is 13.3. The molecule has 0 bridgehead atoms. The molecule has 174 valence electrons. The van der Waals surface area contributed by atoms with Crippen LogP contribution in [0.4, 0.5) is 20.6 Å². The third kappa shape index (κ3) is 7.55. The van der Waals surface area contributed by atoms with Gasteiger partial charge in [-0.05, 0) is 74.7 Å². The molecule has 0 saturated heterocycles. The number of hydrogen-bond donors (Lipinski definition) is 2. The second-order valence-corrected chi connectivity index (χ2v) is 9.65. The van der Waals surface area contributed by atoms with Gasteiger partial charge in [0, 0.05) is 49.7 Å². The molecule has 2 rings (SSSR count). The largest absolute Gasteiger partial charge is 0.377 e. The van der Waals surface area contributed by atoms with Crippen molar-refractivity contribution in [3.8, 4) is 0 Å². The van der Waals surface area contributed by atoms with Gasteiger partial charge in [-0.15, -0.1) is 0 Å². The summed E-state index contributed by atoms with van der Waals surface area (Å²) in [5.74, 6) is -0.285. The molecule has 3 amide bonds. The van der Waals surface area contributed by atoms with Gasteiger partial charge in [-0.25, -0.2) is 9.18 Å². The molecule has 0 unspecified atom stereocenters. The summed E-state index contributed by atoms with van der Waals surface area (Å²) in [5, 5.41) is 5.75. The molecule has 0 aliphatic rings. The minimum atomic E-state index is -0.376. The molecular formula is C25H35FN4O2. The van der Waals surface area contributed by atoms with Crippen molar-refractivity contribution < 1.29 is 14.0 Å². The highest BCUT2D eigenvalue weighted by Crippen LogP contribution is 2.26. The highest BCUT2D eigenvalue weighted by molar-refractivity contribution is 5.94. The highest BCUT2D eigenvalue weighted by Gasteiger charge is 2.20. The molecule has 0 aliphatic carbocycles. The molecule has 2 N–H and O–H groups in total. The molecule has 0 spiro atoms. The molecule has 0 atom stereocenters. The fourth-order valence-electron chi connectivity index (χ4n) is 3.37. The minimum Gasteiger partial charge on any atom is -0.377 e. The van der Waals surface area contributed by atoms with E-state index in [1.54, 1.807) is 4.90 Å². The summed E-state index contributed by atoms with van der Waals surface area (Å²) in [6.45, 7) is 10.7. The van der Waals surface area contributed by atoms with Gasteiger partial charge >= 0.3 is 6.03 Å². The van der Waals surface area contributed by atoms with Gasteiger partial charge in [0.05, 0.1) is 0 Å². The van der Waals surface area contributed by atoms with Crippen LogP contribution in [0.15, 0.2) is 42.5 Å². The third-order valence-electron chi connectivity index (χ3n) is 4.63. The van der Waals surface area contributed by atoms with E-state index in [0.29, 0.717) is 24.3 Å². The number of rotatable bonds is 7. The van der Waals surface area contributed by atoms with E-state index in [-0.39, 0.29) is 29.2 Å². The smallest absolute Gasteiger partial charge is 0.319 e. The zero-order valence-electron chi connectivity index (χ0n) is 20.1. The Morgan fingerprint density at radius 3 is 2.19 bits per heavy atom. The van der Waals surface area contributed by atoms with E-state index >= 15 is 0 Å². The van der Waals surface area contributed by atoms with Crippen LogP contribution in [0.3, 0.4) is 0 Å². The van der Waals surface area contributed by atoms with Gasteiger partial charge in [0.2, 0.25) is 0 Å². The number of nitrogens with zero attached hydrogens (tertiary/aromatic N) is 2. The maximum absolute atomic E-state index is 13.3. The van der Waals surface area contributed by atoms with Gasteiger partial charge < -0.3 is 20.4 Å². The Hall–Kier alpha value is -3.09. The number of urea groups is 1. The Labute approximate surface area is 190 Å². The first-order valence-electron chi connectivity index (χ1n) is 10.8. The Balaban J connectivity index is 2.34. The summed E-state index contributed by atoms with van der Waals surface area (Å²) < 4.78 is 13.3.